The highest BCUT2D eigenvalue weighted by Gasteiger charge is 2.45. The number of hydrogen-bond donors (Lipinski definition) is 1. The van der Waals surface area contributed by atoms with E-state index in [1.807, 2.05) is 0 Å². The molecule has 1 aromatic heterocycles. The van der Waals surface area contributed by atoms with Gasteiger partial charge in [-0.3, -0.25) is 4.79 Å². The quantitative estimate of drug-likeness (QED) is 0.934. The molecule has 2 rings (SSSR count). The third-order valence-electron chi connectivity index (χ3n) is 3.71. The fraction of sp³-hybridized carbons (Fsp3) is 0.571. The third kappa shape index (κ3) is 3.86. The smallest absolute Gasteiger partial charge is 0.393 e. The van der Waals surface area contributed by atoms with Gasteiger partial charge in [-0.15, -0.1) is 0 Å². The number of alkyl halides is 3. The molecule has 1 fully saturated rings. The van der Waals surface area contributed by atoms with Crippen LogP contribution in [0.3, 0.4) is 0 Å². The minimum atomic E-state index is -4.28. The zero-order valence-corrected chi connectivity index (χ0v) is 11.6. The molecule has 1 aromatic rings. The third-order valence-corrected chi connectivity index (χ3v) is 3.71. The summed E-state index contributed by atoms with van der Waals surface area (Å²) in [6.07, 6.45) is -1.34. The number of ether oxygens (including phenoxy) is 1. The van der Waals surface area contributed by atoms with Crippen LogP contribution in [0.25, 0.3) is 0 Å². The minimum absolute atomic E-state index is 0.0648. The number of nitrogens with one attached hydrogen (secondary N) is 1. The topological polar surface area (TPSA) is 51.2 Å². The van der Waals surface area contributed by atoms with Crippen LogP contribution in [0.2, 0.25) is 0 Å². The van der Waals surface area contributed by atoms with Crippen molar-refractivity contribution in [1.29, 1.82) is 0 Å². The van der Waals surface area contributed by atoms with Gasteiger partial charge in [-0.1, -0.05) is 12.8 Å². The second kappa shape index (κ2) is 6.32. The zero-order valence-electron chi connectivity index (χ0n) is 11.6. The van der Waals surface area contributed by atoms with Crippen LogP contribution in [0.4, 0.5) is 13.2 Å². The molecule has 1 amide bonds. The van der Waals surface area contributed by atoms with E-state index < -0.39 is 24.0 Å². The van der Waals surface area contributed by atoms with E-state index in [0.29, 0.717) is 25.1 Å². The highest BCUT2D eigenvalue weighted by Crippen LogP contribution is 2.37. The summed E-state index contributed by atoms with van der Waals surface area (Å²) in [5, 5.41) is 2.49. The van der Waals surface area contributed by atoms with Crippen molar-refractivity contribution in [1.82, 2.24) is 10.3 Å². The van der Waals surface area contributed by atoms with Crippen molar-refractivity contribution in [3.05, 3.63) is 23.9 Å². The molecule has 2 atom stereocenters. The molecule has 116 valence electrons. The van der Waals surface area contributed by atoms with Gasteiger partial charge in [0, 0.05) is 18.3 Å². The predicted octanol–water partition coefficient (Wildman–Crippen LogP) is 2.94. The molecule has 0 unspecified atom stereocenters. The summed E-state index contributed by atoms with van der Waals surface area (Å²) in [4.78, 5) is 15.9. The number of carbonyl (C=O) groups excluding carboxylic acids is 1. The predicted molar refractivity (Wildman–Crippen MR) is 70.1 cm³/mol. The Labute approximate surface area is 120 Å². The number of halogens is 3. The van der Waals surface area contributed by atoms with E-state index >= 15 is 0 Å². The van der Waals surface area contributed by atoms with Crippen molar-refractivity contribution in [3.8, 4) is 5.88 Å². The Balaban J connectivity index is 2.05. The lowest BCUT2D eigenvalue weighted by molar-refractivity contribution is -0.187. The van der Waals surface area contributed by atoms with Crippen LogP contribution in [0.15, 0.2) is 18.3 Å². The lowest BCUT2D eigenvalue weighted by Crippen LogP contribution is -2.47. The van der Waals surface area contributed by atoms with E-state index in [-0.39, 0.29) is 12.0 Å². The molecular weight excluding hydrogens is 285 g/mol. The van der Waals surface area contributed by atoms with Crippen LogP contribution < -0.4 is 10.1 Å². The number of carbonyl (C=O) groups is 1. The normalized spacial score (nSPS) is 22.7. The Morgan fingerprint density at radius 1 is 1.33 bits per heavy atom. The summed E-state index contributed by atoms with van der Waals surface area (Å²) in [5.74, 6) is -1.66. The highest BCUT2D eigenvalue weighted by molar-refractivity contribution is 5.94. The summed E-state index contributed by atoms with van der Waals surface area (Å²) >= 11 is 0. The average molecular weight is 302 g/mol. The van der Waals surface area contributed by atoms with Gasteiger partial charge in [-0.05, 0) is 18.9 Å². The lowest BCUT2D eigenvalue weighted by Gasteiger charge is -2.33. The first-order valence-corrected chi connectivity index (χ1v) is 6.79. The maximum atomic E-state index is 13.0. The molecule has 0 saturated heterocycles. The van der Waals surface area contributed by atoms with Crippen molar-refractivity contribution in [3.63, 3.8) is 0 Å². The van der Waals surface area contributed by atoms with Crippen LogP contribution >= 0.6 is 0 Å². The van der Waals surface area contributed by atoms with Crippen molar-refractivity contribution >= 4 is 5.91 Å². The summed E-state index contributed by atoms with van der Waals surface area (Å²) in [6, 6.07) is 2.11. The van der Waals surface area contributed by atoms with Gasteiger partial charge in [-0.2, -0.15) is 13.2 Å². The lowest BCUT2D eigenvalue weighted by atomic mass is 9.84. The first kappa shape index (κ1) is 15.6. The molecule has 21 heavy (non-hydrogen) atoms. The molecule has 0 bridgehead atoms. The van der Waals surface area contributed by atoms with Crippen molar-refractivity contribution in [2.24, 2.45) is 5.92 Å². The van der Waals surface area contributed by atoms with Crippen molar-refractivity contribution in [2.75, 3.05) is 7.11 Å². The zero-order chi connectivity index (χ0) is 15.5. The summed E-state index contributed by atoms with van der Waals surface area (Å²) < 4.78 is 43.8. The fourth-order valence-electron chi connectivity index (χ4n) is 2.58. The Morgan fingerprint density at radius 2 is 2.05 bits per heavy atom. The Bertz CT molecular complexity index is 488. The van der Waals surface area contributed by atoms with Crippen LogP contribution in [-0.4, -0.2) is 30.2 Å². The van der Waals surface area contributed by atoms with E-state index in [1.165, 1.54) is 25.4 Å². The van der Waals surface area contributed by atoms with E-state index in [0.717, 1.165) is 0 Å². The van der Waals surface area contributed by atoms with Gasteiger partial charge >= 0.3 is 6.18 Å². The largest absolute Gasteiger partial charge is 0.481 e. The molecule has 1 saturated carbocycles. The molecule has 0 aliphatic heterocycles. The maximum absolute atomic E-state index is 13.0. The van der Waals surface area contributed by atoms with Gasteiger partial charge in [0.05, 0.1) is 18.6 Å². The van der Waals surface area contributed by atoms with Gasteiger partial charge in [0.1, 0.15) is 0 Å². The van der Waals surface area contributed by atoms with E-state index in [2.05, 4.69) is 10.3 Å². The van der Waals surface area contributed by atoms with Crippen LogP contribution in [0, 0.1) is 5.92 Å². The number of aromatic nitrogens is 1. The molecule has 4 nitrogen and oxygen atoms in total. The number of pyridine rings is 1. The van der Waals surface area contributed by atoms with Crippen molar-refractivity contribution < 1.29 is 22.7 Å². The molecule has 0 aromatic carbocycles. The van der Waals surface area contributed by atoms with Gasteiger partial charge in [-0.25, -0.2) is 4.98 Å². The molecule has 7 heteroatoms. The van der Waals surface area contributed by atoms with Crippen LogP contribution in [0.1, 0.15) is 36.0 Å². The number of hydrogen-bond acceptors (Lipinski definition) is 3. The summed E-state index contributed by atoms with van der Waals surface area (Å²) in [5.41, 5.74) is 0.224. The van der Waals surface area contributed by atoms with Crippen LogP contribution in [-0.2, 0) is 0 Å². The molecule has 0 radical (unpaired) electrons. The highest BCUT2D eigenvalue weighted by atomic mass is 19.4. The second-order valence-corrected chi connectivity index (χ2v) is 5.10. The summed E-state index contributed by atoms with van der Waals surface area (Å²) in [6.45, 7) is 0. The standard InChI is InChI=1S/C14H17F3N2O2/c1-21-12-7-6-9(8-18-12)13(20)19-11-5-3-2-4-10(11)14(15,16)17/h6-8,10-11H,2-5H2,1H3,(H,19,20)/t10-,11-/m0/s1. The van der Waals surface area contributed by atoms with Gasteiger partial charge < -0.3 is 10.1 Å². The van der Waals surface area contributed by atoms with E-state index in [9.17, 15) is 18.0 Å². The average Bonchev–Trinajstić information content (AvgIpc) is 2.47. The maximum Gasteiger partial charge on any atom is 0.393 e. The Kier molecular flexibility index (Phi) is 4.69. The fourth-order valence-corrected chi connectivity index (χ4v) is 2.58. The Morgan fingerprint density at radius 3 is 2.62 bits per heavy atom. The summed E-state index contributed by atoms with van der Waals surface area (Å²) in [7, 11) is 1.44. The van der Waals surface area contributed by atoms with Gasteiger partial charge in [0.15, 0.2) is 0 Å². The Hall–Kier alpha value is -1.79. The van der Waals surface area contributed by atoms with E-state index in [1.54, 1.807) is 0 Å². The molecule has 1 heterocycles. The molecule has 1 aliphatic rings. The minimum Gasteiger partial charge on any atom is -0.481 e. The number of rotatable bonds is 3. The monoisotopic (exact) mass is 302 g/mol. The first-order valence-electron chi connectivity index (χ1n) is 6.79. The molecule has 1 aliphatic carbocycles. The number of methoxy groups -OCH3 is 1. The van der Waals surface area contributed by atoms with Gasteiger partial charge in [0.2, 0.25) is 5.88 Å². The first-order chi connectivity index (χ1) is 9.91. The van der Waals surface area contributed by atoms with Crippen molar-refractivity contribution in [2.45, 2.75) is 37.9 Å². The molecule has 1 N–H and O–H groups in total. The number of amides is 1. The second-order valence-electron chi connectivity index (χ2n) is 5.10. The molecule has 0 spiro atoms. The number of nitrogens with zero attached hydrogens (tertiary/aromatic N) is 1. The molecular formula is C14H17F3N2O2. The van der Waals surface area contributed by atoms with Gasteiger partial charge in [0.25, 0.3) is 5.91 Å². The van der Waals surface area contributed by atoms with Crippen LogP contribution in [0.5, 0.6) is 5.88 Å². The SMILES string of the molecule is COc1ccc(C(=O)N[C@H]2CCCC[C@@H]2C(F)(F)F)cn1. The van der Waals surface area contributed by atoms with E-state index in [4.69, 9.17) is 4.74 Å².